The van der Waals surface area contributed by atoms with Gasteiger partial charge in [-0.25, -0.2) is 25.9 Å². The monoisotopic (exact) mass is 476 g/mol. The van der Waals surface area contributed by atoms with Crippen LogP contribution in [-0.2, 0) is 20.0 Å². The lowest BCUT2D eigenvalue weighted by Gasteiger charge is -2.20. The zero-order valence-electron chi connectivity index (χ0n) is 17.5. The van der Waals surface area contributed by atoms with Crippen molar-refractivity contribution in [3.63, 3.8) is 0 Å². The van der Waals surface area contributed by atoms with Crippen molar-refractivity contribution in [3.8, 4) is 0 Å². The molecule has 3 aromatic rings. The molecular formula is C22H21FN2O5S2. The van der Waals surface area contributed by atoms with Crippen LogP contribution in [0.1, 0.15) is 21.5 Å². The molecule has 0 heterocycles. The number of nitrogens with one attached hydrogen (secondary N) is 1. The van der Waals surface area contributed by atoms with E-state index in [1.807, 2.05) is 11.6 Å². The number of halogens is 1. The van der Waals surface area contributed by atoms with Crippen LogP contribution in [0.5, 0.6) is 0 Å². The lowest BCUT2D eigenvalue weighted by Crippen LogP contribution is -2.31. The van der Waals surface area contributed by atoms with E-state index in [4.69, 9.17) is 0 Å². The largest absolute Gasteiger partial charge is 0.269 e. The molecule has 1 N–H and O–H groups in total. The molecular weight excluding hydrogens is 455 g/mol. The molecule has 0 aliphatic heterocycles. The number of carbonyl (C=O) groups is 1. The molecule has 0 saturated carbocycles. The average Bonchev–Trinajstić information content (AvgIpc) is 2.75. The Labute approximate surface area is 186 Å². The molecule has 0 aliphatic rings. The standard InChI is InChI=1S/C22H21FN2O5S2/c1-15-7-9-18(10-8-15)25(3)32(29,30)20-6-4-5-17(14-20)22(26)24-31(27,28)19-11-12-21(23)16(2)13-19/h4-14H,1-3H3,(H,24,26). The van der Waals surface area contributed by atoms with Crippen LogP contribution in [0.4, 0.5) is 10.1 Å². The second kappa shape index (κ2) is 8.71. The van der Waals surface area contributed by atoms with Crippen molar-refractivity contribution in [2.75, 3.05) is 11.4 Å². The fourth-order valence-corrected chi connectivity index (χ4v) is 5.17. The molecule has 3 rings (SSSR count). The average molecular weight is 477 g/mol. The number of hydrogen-bond donors (Lipinski definition) is 1. The van der Waals surface area contributed by atoms with Gasteiger partial charge in [0.2, 0.25) is 0 Å². The molecule has 7 nitrogen and oxygen atoms in total. The highest BCUT2D eigenvalue weighted by molar-refractivity contribution is 7.92. The van der Waals surface area contributed by atoms with Crippen molar-refractivity contribution in [1.82, 2.24) is 4.72 Å². The van der Waals surface area contributed by atoms with E-state index in [1.165, 1.54) is 32.2 Å². The lowest BCUT2D eigenvalue weighted by atomic mass is 10.2. The maximum Gasteiger partial charge on any atom is 0.265 e. The summed E-state index contributed by atoms with van der Waals surface area (Å²) in [5, 5.41) is 0. The highest BCUT2D eigenvalue weighted by Crippen LogP contribution is 2.23. The second-order valence-electron chi connectivity index (χ2n) is 7.18. The molecule has 0 saturated heterocycles. The number of hydrogen-bond acceptors (Lipinski definition) is 5. The predicted molar refractivity (Wildman–Crippen MR) is 119 cm³/mol. The summed E-state index contributed by atoms with van der Waals surface area (Å²) in [5.41, 5.74) is 1.34. The van der Waals surface area contributed by atoms with Crippen LogP contribution < -0.4 is 9.03 Å². The number of amides is 1. The van der Waals surface area contributed by atoms with Crippen molar-refractivity contribution in [3.05, 3.63) is 89.2 Å². The van der Waals surface area contributed by atoms with Crippen LogP contribution in [0, 0.1) is 19.7 Å². The van der Waals surface area contributed by atoms with E-state index in [-0.39, 0.29) is 20.9 Å². The predicted octanol–water partition coefficient (Wildman–Crippen LogP) is 3.39. The minimum Gasteiger partial charge on any atom is -0.269 e. The van der Waals surface area contributed by atoms with Gasteiger partial charge in [-0.15, -0.1) is 0 Å². The fourth-order valence-electron chi connectivity index (χ4n) is 2.87. The minimum absolute atomic E-state index is 0.104. The van der Waals surface area contributed by atoms with Gasteiger partial charge in [0, 0.05) is 12.6 Å². The van der Waals surface area contributed by atoms with Crippen molar-refractivity contribution >= 4 is 31.6 Å². The first-order chi connectivity index (χ1) is 14.9. The smallest absolute Gasteiger partial charge is 0.265 e. The topological polar surface area (TPSA) is 101 Å². The van der Waals surface area contributed by atoms with Gasteiger partial charge in [-0.3, -0.25) is 9.10 Å². The van der Waals surface area contributed by atoms with Gasteiger partial charge in [0.1, 0.15) is 5.82 Å². The first kappa shape index (κ1) is 23.4. The summed E-state index contributed by atoms with van der Waals surface area (Å²) < 4.78 is 67.4. The van der Waals surface area contributed by atoms with Crippen LogP contribution in [0.2, 0.25) is 0 Å². The van der Waals surface area contributed by atoms with Crippen LogP contribution in [-0.4, -0.2) is 29.8 Å². The van der Waals surface area contributed by atoms with Crippen LogP contribution >= 0.6 is 0 Å². The zero-order valence-corrected chi connectivity index (χ0v) is 19.2. The van der Waals surface area contributed by atoms with Crippen molar-refractivity contribution in [2.45, 2.75) is 23.6 Å². The van der Waals surface area contributed by atoms with E-state index in [9.17, 15) is 26.0 Å². The first-order valence-electron chi connectivity index (χ1n) is 9.41. The van der Waals surface area contributed by atoms with Crippen LogP contribution in [0.25, 0.3) is 0 Å². The molecule has 0 aromatic heterocycles. The van der Waals surface area contributed by atoms with Gasteiger partial charge in [0.15, 0.2) is 0 Å². The Morgan fingerprint density at radius 1 is 0.875 bits per heavy atom. The van der Waals surface area contributed by atoms with Crippen molar-refractivity contribution < 1.29 is 26.0 Å². The van der Waals surface area contributed by atoms with Crippen LogP contribution in [0.15, 0.2) is 76.5 Å². The summed E-state index contributed by atoms with van der Waals surface area (Å²) in [4.78, 5) is 12.1. The number of carbonyl (C=O) groups excluding carboxylic acids is 1. The Hall–Kier alpha value is -3.24. The quantitative estimate of drug-likeness (QED) is 0.588. The molecule has 3 aromatic carbocycles. The highest BCUT2D eigenvalue weighted by Gasteiger charge is 2.24. The number of rotatable bonds is 6. The van der Waals surface area contributed by atoms with Gasteiger partial charge >= 0.3 is 0 Å². The SMILES string of the molecule is Cc1ccc(N(C)S(=O)(=O)c2cccc(C(=O)NS(=O)(=O)c3ccc(F)c(C)c3)c2)cc1. The van der Waals surface area contributed by atoms with Crippen molar-refractivity contribution in [1.29, 1.82) is 0 Å². The Balaban J connectivity index is 1.88. The van der Waals surface area contributed by atoms with Gasteiger partial charge in [-0.1, -0.05) is 23.8 Å². The first-order valence-corrected chi connectivity index (χ1v) is 12.3. The molecule has 168 valence electrons. The van der Waals surface area contributed by atoms with E-state index < -0.39 is 31.8 Å². The molecule has 0 unspecified atom stereocenters. The Morgan fingerprint density at radius 2 is 1.53 bits per heavy atom. The Morgan fingerprint density at radius 3 is 2.16 bits per heavy atom. The summed E-state index contributed by atoms with van der Waals surface area (Å²) in [6.07, 6.45) is 0. The van der Waals surface area contributed by atoms with E-state index in [1.54, 1.807) is 24.3 Å². The third-order valence-electron chi connectivity index (χ3n) is 4.82. The summed E-state index contributed by atoms with van der Waals surface area (Å²) in [6, 6.07) is 15.0. The third kappa shape index (κ3) is 4.81. The third-order valence-corrected chi connectivity index (χ3v) is 7.93. The fraction of sp³-hybridized carbons (Fsp3) is 0.136. The summed E-state index contributed by atoms with van der Waals surface area (Å²) in [5.74, 6) is -1.59. The van der Waals surface area contributed by atoms with E-state index in [2.05, 4.69) is 0 Å². The van der Waals surface area contributed by atoms with E-state index in [0.717, 1.165) is 34.1 Å². The summed E-state index contributed by atoms with van der Waals surface area (Å²) >= 11 is 0. The van der Waals surface area contributed by atoms with Crippen molar-refractivity contribution in [2.24, 2.45) is 0 Å². The normalized spacial score (nSPS) is 11.8. The Bertz CT molecular complexity index is 1390. The molecule has 0 radical (unpaired) electrons. The molecule has 10 heteroatoms. The van der Waals surface area contributed by atoms with Gasteiger partial charge in [0.25, 0.3) is 26.0 Å². The molecule has 0 fully saturated rings. The maximum atomic E-state index is 13.4. The van der Waals surface area contributed by atoms with Gasteiger partial charge in [-0.05, 0) is 67.9 Å². The zero-order chi connectivity index (χ0) is 23.7. The number of benzene rings is 3. The van der Waals surface area contributed by atoms with E-state index >= 15 is 0 Å². The highest BCUT2D eigenvalue weighted by atomic mass is 32.2. The summed E-state index contributed by atoms with van der Waals surface area (Å²) in [7, 11) is -6.91. The molecule has 0 atom stereocenters. The lowest BCUT2D eigenvalue weighted by molar-refractivity contribution is 0.0981. The summed E-state index contributed by atoms with van der Waals surface area (Å²) in [6.45, 7) is 3.27. The van der Waals surface area contributed by atoms with Gasteiger partial charge in [-0.2, -0.15) is 0 Å². The second-order valence-corrected chi connectivity index (χ2v) is 10.8. The number of nitrogens with zero attached hydrogens (tertiary/aromatic N) is 1. The number of anilines is 1. The number of sulfonamides is 2. The van der Waals surface area contributed by atoms with Gasteiger partial charge < -0.3 is 0 Å². The van der Waals surface area contributed by atoms with Gasteiger partial charge in [0.05, 0.1) is 15.5 Å². The molecule has 0 aliphatic carbocycles. The van der Waals surface area contributed by atoms with E-state index in [0.29, 0.717) is 5.69 Å². The Kier molecular flexibility index (Phi) is 6.38. The minimum atomic E-state index is -4.28. The number of aryl methyl sites for hydroxylation is 2. The molecule has 0 bridgehead atoms. The maximum absolute atomic E-state index is 13.4. The molecule has 1 amide bonds. The molecule has 32 heavy (non-hydrogen) atoms. The van der Waals surface area contributed by atoms with Crippen LogP contribution in [0.3, 0.4) is 0 Å². The molecule has 0 spiro atoms.